The molecule has 0 bridgehead atoms. The summed E-state index contributed by atoms with van der Waals surface area (Å²) in [4.78, 5) is 24.1. The van der Waals surface area contributed by atoms with Gasteiger partial charge < -0.3 is 10.6 Å². The molecule has 0 saturated carbocycles. The molecule has 0 aromatic carbocycles. The maximum Gasteiger partial charge on any atom is 0.228 e. The Kier molecular flexibility index (Phi) is 5.00. The zero-order chi connectivity index (χ0) is 14.4. The van der Waals surface area contributed by atoms with E-state index in [1.807, 2.05) is 5.38 Å². The van der Waals surface area contributed by atoms with Crippen LogP contribution in [0.5, 0.6) is 0 Å². The van der Waals surface area contributed by atoms with E-state index in [0.29, 0.717) is 30.0 Å². The van der Waals surface area contributed by atoms with Gasteiger partial charge in [-0.15, -0.1) is 11.3 Å². The Balaban J connectivity index is 1.87. The number of amides is 1. The number of carbonyl (C=O) groups excluding carboxylic acids is 1. The highest BCUT2D eigenvalue weighted by Crippen LogP contribution is 2.18. The van der Waals surface area contributed by atoms with E-state index in [0.717, 1.165) is 5.69 Å². The molecule has 2 aromatic heterocycles. The second-order valence-electron chi connectivity index (χ2n) is 4.72. The number of carbonyl (C=O) groups is 1. The number of rotatable bonds is 6. The maximum absolute atomic E-state index is 11.7. The molecular weight excluding hydrogens is 274 g/mol. The van der Waals surface area contributed by atoms with Gasteiger partial charge in [0.25, 0.3) is 0 Å². The molecule has 0 aliphatic rings. The van der Waals surface area contributed by atoms with Crippen molar-refractivity contribution in [3.8, 4) is 0 Å². The number of hydrogen-bond acceptors (Lipinski definition) is 6. The quantitative estimate of drug-likeness (QED) is 0.851. The van der Waals surface area contributed by atoms with Gasteiger partial charge in [-0.25, -0.2) is 15.0 Å². The second kappa shape index (κ2) is 6.95. The Labute approximate surface area is 121 Å². The molecule has 2 N–H and O–H groups in total. The molecule has 2 rings (SSSR count). The lowest BCUT2D eigenvalue weighted by Crippen LogP contribution is -2.28. The van der Waals surface area contributed by atoms with Gasteiger partial charge in [0.1, 0.15) is 0 Å². The van der Waals surface area contributed by atoms with Gasteiger partial charge in [-0.1, -0.05) is 13.8 Å². The molecule has 2 heterocycles. The average Bonchev–Trinajstić information content (AvgIpc) is 2.85. The van der Waals surface area contributed by atoms with Crippen molar-refractivity contribution in [2.45, 2.75) is 20.3 Å². The largest absolute Gasteiger partial charge is 0.356 e. The van der Waals surface area contributed by atoms with Crippen LogP contribution in [0.2, 0.25) is 0 Å². The first kappa shape index (κ1) is 14.4. The van der Waals surface area contributed by atoms with Crippen LogP contribution >= 0.6 is 11.3 Å². The zero-order valence-electron chi connectivity index (χ0n) is 11.5. The van der Waals surface area contributed by atoms with Gasteiger partial charge in [-0.05, 0) is 12.0 Å². The summed E-state index contributed by atoms with van der Waals surface area (Å²) in [5.41, 5.74) is 0.745. The highest BCUT2D eigenvalue weighted by molar-refractivity contribution is 7.13. The standard InChI is InChI=1S/C13H17N5OS/c1-9(2)7-16-11(19)6-10-8-20-13(17-10)18-12-14-4-3-5-15-12/h3-5,8-9H,6-7H2,1-2H3,(H,16,19)(H,14,15,17,18). The van der Waals surface area contributed by atoms with Crippen molar-refractivity contribution in [1.29, 1.82) is 0 Å². The van der Waals surface area contributed by atoms with Crippen molar-refractivity contribution in [3.63, 3.8) is 0 Å². The van der Waals surface area contributed by atoms with E-state index in [-0.39, 0.29) is 5.91 Å². The molecule has 2 aromatic rings. The molecule has 106 valence electrons. The predicted octanol–water partition coefficient (Wildman–Crippen LogP) is 1.99. The van der Waals surface area contributed by atoms with Gasteiger partial charge >= 0.3 is 0 Å². The zero-order valence-corrected chi connectivity index (χ0v) is 12.3. The van der Waals surface area contributed by atoms with Crippen molar-refractivity contribution in [2.75, 3.05) is 11.9 Å². The molecule has 0 aliphatic carbocycles. The number of thiazole rings is 1. The van der Waals surface area contributed by atoms with Crippen LogP contribution in [0.4, 0.5) is 11.1 Å². The average molecular weight is 291 g/mol. The van der Waals surface area contributed by atoms with Gasteiger partial charge in [0.05, 0.1) is 12.1 Å². The van der Waals surface area contributed by atoms with E-state index in [2.05, 4.69) is 39.4 Å². The van der Waals surface area contributed by atoms with Crippen LogP contribution in [0.15, 0.2) is 23.8 Å². The Bertz CT molecular complexity index is 555. The van der Waals surface area contributed by atoms with Crippen LogP contribution in [-0.4, -0.2) is 27.4 Å². The van der Waals surface area contributed by atoms with Crippen LogP contribution < -0.4 is 10.6 Å². The van der Waals surface area contributed by atoms with Crippen LogP contribution in [-0.2, 0) is 11.2 Å². The Morgan fingerprint density at radius 2 is 2.10 bits per heavy atom. The van der Waals surface area contributed by atoms with Crippen LogP contribution in [0, 0.1) is 5.92 Å². The number of nitrogens with one attached hydrogen (secondary N) is 2. The molecule has 0 spiro atoms. The molecule has 6 nitrogen and oxygen atoms in total. The SMILES string of the molecule is CC(C)CNC(=O)Cc1csc(Nc2ncccn2)n1. The summed E-state index contributed by atoms with van der Waals surface area (Å²) in [5.74, 6) is 0.936. The van der Waals surface area contributed by atoms with E-state index in [1.165, 1.54) is 11.3 Å². The van der Waals surface area contributed by atoms with Crippen LogP contribution in [0.25, 0.3) is 0 Å². The van der Waals surface area contributed by atoms with Crippen molar-refractivity contribution >= 4 is 28.3 Å². The number of hydrogen-bond donors (Lipinski definition) is 2. The third-order valence-corrected chi connectivity index (χ3v) is 3.19. The van der Waals surface area contributed by atoms with E-state index in [9.17, 15) is 4.79 Å². The fourth-order valence-electron chi connectivity index (χ4n) is 1.45. The minimum Gasteiger partial charge on any atom is -0.356 e. The van der Waals surface area contributed by atoms with Gasteiger partial charge in [0.15, 0.2) is 5.13 Å². The van der Waals surface area contributed by atoms with Gasteiger partial charge in [0, 0.05) is 24.3 Å². The van der Waals surface area contributed by atoms with Gasteiger partial charge in [0.2, 0.25) is 11.9 Å². The molecular formula is C13H17N5OS. The predicted molar refractivity (Wildman–Crippen MR) is 79.0 cm³/mol. The number of nitrogens with zero attached hydrogens (tertiary/aromatic N) is 3. The van der Waals surface area contributed by atoms with Crippen LogP contribution in [0.3, 0.4) is 0 Å². The molecule has 0 atom stereocenters. The fraction of sp³-hybridized carbons (Fsp3) is 0.385. The molecule has 1 amide bonds. The Morgan fingerprint density at radius 1 is 1.35 bits per heavy atom. The van der Waals surface area contributed by atoms with Crippen molar-refractivity contribution < 1.29 is 4.79 Å². The first-order valence-corrected chi connectivity index (χ1v) is 7.26. The van der Waals surface area contributed by atoms with Crippen molar-refractivity contribution in [3.05, 3.63) is 29.5 Å². The van der Waals surface area contributed by atoms with E-state index >= 15 is 0 Å². The van der Waals surface area contributed by atoms with Crippen molar-refractivity contribution in [2.24, 2.45) is 5.92 Å². The summed E-state index contributed by atoms with van der Waals surface area (Å²) in [6.07, 6.45) is 3.60. The lowest BCUT2D eigenvalue weighted by atomic mass is 10.2. The van der Waals surface area contributed by atoms with E-state index < -0.39 is 0 Å². The normalized spacial score (nSPS) is 10.6. The third kappa shape index (κ3) is 4.58. The smallest absolute Gasteiger partial charge is 0.228 e. The summed E-state index contributed by atoms with van der Waals surface area (Å²) < 4.78 is 0. The molecule has 0 fully saturated rings. The molecule has 0 saturated heterocycles. The van der Waals surface area contributed by atoms with E-state index in [1.54, 1.807) is 18.5 Å². The summed E-state index contributed by atoms with van der Waals surface area (Å²) in [5, 5.41) is 8.42. The Morgan fingerprint density at radius 3 is 2.80 bits per heavy atom. The molecule has 20 heavy (non-hydrogen) atoms. The number of aromatic nitrogens is 3. The minimum atomic E-state index is -0.00786. The van der Waals surface area contributed by atoms with Gasteiger partial charge in [-0.2, -0.15) is 0 Å². The summed E-state index contributed by atoms with van der Waals surface area (Å²) in [6.45, 7) is 4.81. The minimum absolute atomic E-state index is 0.00786. The van der Waals surface area contributed by atoms with Crippen LogP contribution in [0.1, 0.15) is 19.5 Å². The molecule has 0 aliphatic heterocycles. The molecule has 0 unspecified atom stereocenters. The number of anilines is 2. The van der Waals surface area contributed by atoms with Crippen molar-refractivity contribution in [1.82, 2.24) is 20.3 Å². The second-order valence-corrected chi connectivity index (χ2v) is 5.57. The van der Waals surface area contributed by atoms with E-state index in [4.69, 9.17) is 0 Å². The highest BCUT2D eigenvalue weighted by atomic mass is 32.1. The summed E-state index contributed by atoms with van der Waals surface area (Å²) in [6, 6.07) is 1.75. The lowest BCUT2D eigenvalue weighted by molar-refractivity contribution is -0.120. The summed E-state index contributed by atoms with van der Waals surface area (Å²) in [7, 11) is 0. The lowest BCUT2D eigenvalue weighted by Gasteiger charge is -2.06. The first-order valence-electron chi connectivity index (χ1n) is 6.38. The molecule has 7 heteroatoms. The summed E-state index contributed by atoms with van der Waals surface area (Å²) >= 11 is 1.43. The molecule has 0 radical (unpaired) electrons. The third-order valence-electron chi connectivity index (χ3n) is 2.39. The highest BCUT2D eigenvalue weighted by Gasteiger charge is 2.08. The first-order chi connectivity index (χ1) is 9.63. The monoisotopic (exact) mass is 291 g/mol. The van der Waals surface area contributed by atoms with Gasteiger partial charge in [-0.3, -0.25) is 4.79 Å². The fourth-order valence-corrected chi connectivity index (χ4v) is 2.15. The Hall–Kier alpha value is -2.02. The maximum atomic E-state index is 11.7. The topological polar surface area (TPSA) is 79.8 Å².